The van der Waals surface area contributed by atoms with Crippen molar-refractivity contribution >= 4 is 17.4 Å². The fourth-order valence-electron chi connectivity index (χ4n) is 10.3. The lowest BCUT2D eigenvalue weighted by Crippen LogP contribution is -2.67. The van der Waals surface area contributed by atoms with Crippen molar-refractivity contribution < 1.29 is 24.5 Å². The fraction of sp³-hybridized carbons (Fsp3) is 0.667. The van der Waals surface area contributed by atoms with E-state index in [2.05, 4.69) is 32.1 Å². The quantitative estimate of drug-likeness (QED) is 0.397. The molecule has 8 atom stereocenters. The van der Waals surface area contributed by atoms with Gasteiger partial charge in [-0.25, -0.2) is 4.39 Å². The van der Waals surface area contributed by atoms with Gasteiger partial charge in [-0.2, -0.15) is 0 Å². The fourth-order valence-corrected chi connectivity index (χ4v) is 10.5. The first kappa shape index (κ1) is 28.5. The molecule has 3 fully saturated rings. The molecule has 0 amide bonds. The van der Waals surface area contributed by atoms with Gasteiger partial charge in [0.25, 0.3) is 0 Å². The summed E-state index contributed by atoms with van der Waals surface area (Å²) in [6.45, 7) is 5.55. The summed E-state index contributed by atoms with van der Waals surface area (Å²) in [4.78, 5) is 16.4. The number of carbonyl (C=O) groups is 1. The summed E-state index contributed by atoms with van der Waals surface area (Å²) in [5.41, 5.74) is -1.54. The molecule has 0 heterocycles. The Bertz CT molecular complexity index is 1260. The number of benzene rings is 1. The smallest absolute Gasteiger partial charge is 0.164 e. The number of hydrogen-bond donors (Lipinski definition) is 3. The number of rotatable bonds is 7. The number of Topliss-reactive ketones (excluding diaryl/α,β-unsaturated/α-hetero) is 1. The second-order valence-corrected chi connectivity index (χ2v) is 14.5. The van der Waals surface area contributed by atoms with Crippen LogP contribution >= 0.6 is 11.6 Å². The third-order valence-electron chi connectivity index (χ3n) is 12.4. The first-order valence-electron chi connectivity index (χ1n) is 15.0. The van der Waals surface area contributed by atoms with Crippen LogP contribution in [-0.2, 0) is 11.2 Å². The first-order valence-corrected chi connectivity index (χ1v) is 15.3. The summed E-state index contributed by atoms with van der Waals surface area (Å²) in [5, 5.41) is 32.9. The number of ketones is 1. The van der Waals surface area contributed by atoms with E-state index in [1.165, 1.54) is 6.07 Å². The second-order valence-electron chi connectivity index (χ2n) is 14.1. The Morgan fingerprint density at radius 2 is 1.80 bits per heavy atom. The maximum absolute atomic E-state index is 14.9. The molecule has 3 saturated carbocycles. The van der Waals surface area contributed by atoms with Gasteiger partial charge >= 0.3 is 0 Å². The van der Waals surface area contributed by atoms with E-state index in [-0.39, 0.29) is 46.6 Å². The standard InChI is InChI=1S/C33H43ClFNO4/c1-29-10-7-21(38)18-31(29)13-14-33(23(19-31)26(39)17-22-24(34)5-4-6-25(22)35)27(29)8-11-30(2)28(33)9-12-32(30,40)20-36(3)15-16-37/h4-6,13-14,19,21,27-28,37-38,40H,7-12,15-18,20H2,1-3H3/t21?,27-,28-,29-,30+,31+,32-,33-/m1/s1. The van der Waals surface area contributed by atoms with Crippen molar-refractivity contribution in [2.45, 2.75) is 76.9 Å². The van der Waals surface area contributed by atoms with E-state index in [1.807, 2.05) is 11.9 Å². The Morgan fingerprint density at radius 1 is 1.10 bits per heavy atom. The molecule has 1 aromatic rings. The highest BCUT2D eigenvalue weighted by Crippen LogP contribution is 2.78. The van der Waals surface area contributed by atoms with Crippen LogP contribution in [0.5, 0.6) is 0 Å². The number of halogens is 2. The van der Waals surface area contributed by atoms with Gasteiger partial charge in [-0.3, -0.25) is 4.79 Å². The summed E-state index contributed by atoms with van der Waals surface area (Å²) in [7, 11) is 1.94. The molecule has 0 aromatic heterocycles. The van der Waals surface area contributed by atoms with Gasteiger partial charge in [0.1, 0.15) is 5.82 Å². The lowest BCUT2D eigenvalue weighted by atomic mass is 9.32. The van der Waals surface area contributed by atoms with Crippen LogP contribution in [0.3, 0.4) is 0 Å². The van der Waals surface area contributed by atoms with Crippen LogP contribution in [0, 0.1) is 39.3 Å². The summed E-state index contributed by atoms with van der Waals surface area (Å²) >= 11 is 6.39. The van der Waals surface area contributed by atoms with Gasteiger partial charge < -0.3 is 20.2 Å². The van der Waals surface area contributed by atoms with Crippen LogP contribution in [0.4, 0.5) is 4.39 Å². The molecule has 2 spiro atoms. The number of carbonyl (C=O) groups excluding carboxylic acids is 1. The van der Waals surface area contributed by atoms with E-state index in [4.69, 9.17) is 11.6 Å². The second kappa shape index (κ2) is 9.47. The van der Waals surface area contributed by atoms with E-state index in [0.29, 0.717) is 25.9 Å². The number of fused-ring (bicyclic) bond motifs is 1. The van der Waals surface area contributed by atoms with Crippen LogP contribution in [-0.4, -0.2) is 64.5 Å². The number of nitrogens with zero attached hydrogens (tertiary/aromatic N) is 1. The van der Waals surface area contributed by atoms with Crippen LogP contribution < -0.4 is 0 Å². The molecule has 2 bridgehead atoms. The zero-order chi connectivity index (χ0) is 28.7. The van der Waals surface area contributed by atoms with Crippen LogP contribution in [0.25, 0.3) is 0 Å². The molecule has 1 aromatic carbocycles. The molecular weight excluding hydrogens is 529 g/mol. The molecule has 6 aliphatic rings. The van der Waals surface area contributed by atoms with E-state index in [1.54, 1.807) is 12.1 Å². The number of hydrogen-bond acceptors (Lipinski definition) is 5. The van der Waals surface area contributed by atoms with Gasteiger partial charge in [-0.15, -0.1) is 0 Å². The highest BCUT2D eigenvalue weighted by molar-refractivity contribution is 6.31. The minimum Gasteiger partial charge on any atom is -0.395 e. The molecule has 5 nitrogen and oxygen atoms in total. The molecule has 0 saturated heterocycles. The van der Waals surface area contributed by atoms with Crippen LogP contribution in [0.2, 0.25) is 5.02 Å². The minimum absolute atomic E-state index is 0.0355. The molecule has 218 valence electrons. The van der Waals surface area contributed by atoms with Crippen molar-refractivity contribution in [2.75, 3.05) is 26.7 Å². The summed E-state index contributed by atoms with van der Waals surface area (Å²) < 4.78 is 14.9. The number of likely N-dealkylation sites (N-methyl/N-ethyl adjacent to an activating group) is 1. The monoisotopic (exact) mass is 571 g/mol. The lowest BCUT2D eigenvalue weighted by Gasteiger charge is -2.71. The third-order valence-corrected chi connectivity index (χ3v) is 12.8. The average molecular weight is 572 g/mol. The summed E-state index contributed by atoms with van der Waals surface area (Å²) in [6.07, 6.45) is 11.5. The number of aliphatic hydroxyl groups excluding tert-OH is 2. The molecule has 0 radical (unpaired) electrons. The van der Waals surface area contributed by atoms with Gasteiger partial charge in [0, 0.05) is 51.9 Å². The van der Waals surface area contributed by atoms with Crippen molar-refractivity contribution in [3.8, 4) is 0 Å². The van der Waals surface area contributed by atoms with Crippen LogP contribution in [0.1, 0.15) is 64.4 Å². The third kappa shape index (κ3) is 3.68. The van der Waals surface area contributed by atoms with E-state index < -0.39 is 33.8 Å². The van der Waals surface area contributed by atoms with Crippen molar-refractivity contribution in [3.63, 3.8) is 0 Å². The Hall–Kier alpha value is -1.57. The van der Waals surface area contributed by atoms with E-state index in [9.17, 15) is 24.5 Å². The maximum atomic E-state index is 14.9. The zero-order valence-electron chi connectivity index (χ0n) is 23.9. The lowest BCUT2D eigenvalue weighted by molar-refractivity contribution is -0.178. The van der Waals surface area contributed by atoms with Crippen molar-refractivity contribution in [1.82, 2.24) is 4.90 Å². The molecule has 40 heavy (non-hydrogen) atoms. The van der Waals surface area contributed by atoms with Gasteiger partial charge in [-0.05, 0) is 81.4 Å². The number of allylic oxidation sites excluding steroid dienone is 4. The molecule has 7 rings (SSSR count). The van der Waals surface area contributed by atoms with Gasteiger partial charge in [0.05, 0.1) is 18.3 Å². The zero-order valence-corrected chi connectivity index (χ0v) is 24.7. The molecule has 3 N–H and O–H groups in total. The molecular formula is C33H43ClFNO4. The predicted octanol–water partition coefficient (Wildman–Crippen LogP) is 5.11. The van der Waals surface area contributed by atoms with Crippen molar-refractivity contribution in [1.29, 1.82) is 0 Å². The molecule has 0 aliphatic heterocycles. The van der Waals surface area contributed by atoms with Gasteiger partial charge in [-0.1, -0.05) is 49.7 Å². The molecule has 7 heteroatoms. The minimum atomic E-state index is -0.951. The SMILES string of the molecule is CN(CCO)C[C@]1(O)CC[C@H]2[C@]34C=C[C@@]5(C=C3C(=O)Cc3c(F)cccc3Cl)CC(O)CC[C@]5(C)[C@H]4CC[C@@]21C. The van der Waals surface area contributed by atoms with Crippen LogP contribution in [0.15, 0.2) is 42.0 Å². The normalized spacial score (nSPS) is 43.3. The predicted molar refractivity (Wildman–Crippen MR) is 153 cm³/mol. The largest absolute Gasteiger partial charge is 0.395 e. The van der Waals surface area contributed by atoms with Gasteiger partial charge in [0.15, 0.2) is 5.78 Å². The van der Waals surface area contributed by atoms with Gasteiger partial charge in [0.2, 0.25) is 0 Å². The van der Waals surface area contributed by atoms with Crippen molar-refractivity contribution in [3.05, 3.63) is 58.4 Å². The van der Waals surface area contributed by atoms with Crippen molar-refractivity contribution in [2.24, 2.45) is 33.5 Å². The molecule has 1 unspecified atom stereocenters. The Balaban J connectivity index is 1.48. The summed E-state index contributed by atoms with van der Waals surface area (Å²) in [6, 6.07) is 4.53. The Labute approximate surface area is 242 Å². The Morgan fingerprint density at radius 3 is 2.52 bits per heavy atom. The van der Waals surface area contributed by atoms with E-state index in [0.717, 1.165) is 37.7 Å². The Kier molecular flexibility index (Phi) is 6.76. The number of aliphatic hydroxyl groups is 3. The summed E-state index contributed by atoms with van der Waals surface area (Å²) in [5.74, 6) is -0.359. The average Bonchev–Trinajstić information content (AvgIpc) is 3.16. The van der Waals surface area contributed by atoms with E-state index >= 15 is 0 Å². The highest BCUT2D eigenvalue weighted by atomic mass is 35.5. The first-order chi connectivity index (χ1) is 18.9. The molecule has 6 aliphatic carbocycles. The topological polar surface area (TPSA) is 81.0 Å². The highest BCUT2D eigenvalue weighted by Gasteiger charge is 2.74. The maximum Gasteiger partial charge on any atom is 0.164 e.